The highest BCUT2D eigenvalue weighted by molar-refractivity contribution is 5.95. The van der Waals surface area contributed by atoms with Gasteiger partial charge >= 0.3 is 0 Å². The smallest absolute Gasteiger partial charge is 0.265 e. The Kier molecular flexibility index (Phi) is 4.56. The van der Waals surface area contributed by atoms with Crippen LogP contribution in [0.15, 0.2) is 61.2 Å². The van der Waals surface area contributed by atoms with Gasteiger partial charge in [-0.05, 0) is 38.1 Å². The molecule has 0 fully saturated rings. The first-order valence-electron chi connectivity index (χ1n) is 7.62. The monoisotopic (exact) mass is 322 g/mol. The third kappa shape index (κ3) is 3.60. The molecule has 1 aromatic heterocycles. The number of hydrogen-bond acceptors (Lipinski definition) is 4. The van der Waals surface area contributed by atoms with Crippen LogP contribution >= 0.6 is 0 Å². The molecule has 0 aliphatic carbocycles. The number of rotatable bonds is 5. The number of ether oxygens (including phenoxy) is 1. The molecule has 0 saturated heterocycles. The number of amides is 1. The van der Waals surface area contributed by atoms with Crippen LogP contribution < -0.4 is 10.1 Å². The van der Waals surface area contributed by atoms with E-state index in [1.807, 2.05) is 55.5 Å². The van der Waals surface area contributed by atoms with E-state index in [9.17, 15) is 4.79 Å². The van der Waals surface area contributed by atoms with Gasteiger partial charge < -0.3 is 10.1 Å². The number of nitrogens with zero attached hydrogens (tertiary/aromatic N) is 3. The number of carbonyl (C=O) groups is 1. The van der Waals surface area contributed by atoms with E-state index < -0.39 is 6.10 Å². The summed E-state index contributed by atoms with van der Waals surface area (Å²) in [5, 5.41) is 6.98. The molecule has 3 aromatic rings. The Morgan fingerprint density at radius 1 is 1.17 bits per heavy atom. The molecule has 0 radical (unpaired) electrons. The number of aryl methyl sites for hydroxylation is 1. The molecule has 6 nitrogen and oxygen atoms in total. The molecule has 0 aliphatic heterocycles. The van der Waals surface area contributed by atoms with Gasteiger partial charge in [0.1, 0.15) is 18.4 Å². The van der Waals surface area contributed by atoms with Gasteiger partial charge in [0, 0.05) is 0 Å². The summed E-state index contributed by atoms with van der Waals surface area (Å²) in [6.07, 6.45) is 2.40. The summed E-state index contributed by atoms with van der Waals surface area (Å²) in [4.78, 5) is 16.4. The molecule has 1 atom stereocenters. The minimum Gasteiger partial charge on any atom is -0.481 e. The van der Waals surface area contributed by atoms with E-state index in [0.29, 0.717) is 11.4 Å². The average Bonchev–Trinajstić information content (AvgIpc) is 3.11. The lowest BCUT2D eigenvalue weighted by Gasteiger charge is -2.16. The van der Waals surface area contributed by atoms with Crippen molar-refractivity contribution >= 4 is 11.6 Å². The van der Waals surface area contributed by atoms with Crippen LogP contribution in [0, 0.1) is 6.92 Å². The quantitative estimate of drug-likeness (QED) is 0.784. The van der Waals surface area contributed by atoms with E-state index in [2.05, 4.69) is 15.4 Å². The normalized spacial score (nSPS) is 11.8. The van der Waals surface area contributed by atoms with Crippen LogP contribution in [0.1, 0.15) is 12.5 Å². The number of hydrogen-bond donors (Lipinski definition) is 1. The molecule has 2 aromatic carbocycles. The maximum absolute atomic E-state index is 12.4. The van der Waals surface area contributed by atoms with E-state index in [0.717, 1.165) is 11.3 Å². The van der Waals surface area contributed by atoms with Gasteiger partial charge in [0.15, 0.2) is 6.10 Å². The summed E-state index contributed by atoms with van der Waals surface area (Å²) >= 11 is 0. The Hall–Kier alpha value is -3.15. The second-order valence-electron chi connectivity index (χ2n) is 5.42. The van der Waals surface area contributed by atoms with E-state index in [4.69, 9.17) is 4.74 Å². The van der Waals surface area contributed by atoms with E-state index in [-0.39, 0.29) is 5.91 Å². The predicted octanol–water partition coefficient (Wildman–Crippen LogP) is 2.98. The fraction of sp³-hybridized carbons (Fsp3) is 0.167. The SMILES string of the molecule is Cc1ccc(OC(C)C(=O)Nc2ccccc2-n2cncn2)cc1. The topological polar surface area (TPSA) is 69.0 Å². The van der Waals surface area contributed by atoms with Crippen LogP contribution in [0.5, 0.6) is 5.75 Å². The summed E-state index contributed by atoms with van der Waals surface area (Å²) in [5.41, 5.74) is 2.53. The van der Waals surface area contributed by atoms with Gasteiger partial charge in [-0.3, -0.25) is 4.79 Å². The number of anilines is 1. The number of carbonyl (C=O) groups excluding carboxylic acids is 1. The van der Waals surface area contributed by atoms with Crippen molar-refractivity contribution in [3.05, 3.63) is 66.7 Å². The molecular formula is C18H18N4O2. The van der Waals surface area contributed by atoms with Crippen molar-refractivity contribution < 1.29 is 9.53 Å². The largest absolute Gasteiger partial charge is 0.481 e. The van der Waals surface area contributed by atoms with E-state index >= 15 is 0 Å². The second kappa shape index (κ2) is 6.95. The zero-order chi connectivity index (χ0) is 16.9. The zero-order valence-corrected chi connectivity index (χ0v) is 13.5. The fourth-order valence-electron chi connectivity index (χ4n) is 2.22. The van der Waals surface area contributed by atoms with Crippen LogP contribution in [0.25, 0.3) is 5.69 Å². The molecular weight excluding hydrogens is 304 g/mol. The van der Waals surface area contributed by atoms with Crippen molar-refractivity contribution in [1.82, 2.24) is 14.8 Å². The summed E-state index contributed by atoms with van der Waals surface area (Å²) in [5.74, 6) is 0.427. The molecule has 0 aliphatic rings. The van der Waals surface area contributed by atoms with Crippen molar-refractivity contribution in [2.45, 2.75) is 20.0 Å². The molecule has 6 heteroatoms. The lowest BCUT2D eigenvalue weighted by molar-refractivity contribution is -0.122. The van der Waals surface area contributed by atoms with Gasteiger partial charge in [0.05, 0.1) is 11.4 Å². The molecule has 122 valence electrons. The number of nitrogens with one attached hydrogen (secondary N) is 1. The van der Waals surface area contributed by atoms with Crippen LogP contribution in [0.4, 0.5) is 5.69 Å². The van der Waals surface area contributed by atoms with Gasteiger partial charge in [0.25, 0.3) is 5.91 Å². The molecule has 3 rings (SSSR count). The summed E-state index contributed by atoms with van der Waals surface area (Å²) < 4.78 is 7.29. The maximum atomic E-state index is 12.4. The Balaban J connectivity index is 1.72. The van der Waals surface area contributed by atoms with Gasteiger partial charge in [-0.25, -0.2) is 9.67 Å². The molecule has 1 heterocycles. The summed E-state index contributed by atoms with van der Waals surface area (Å²) in [6.45, 7) is 3.72. The van der Waals surface area contributed by atoms with E-state index in [1.54, 1.807) is 17.9 Å². The number of aromatic nitrogens is 3. The van der Waals surface area contributed by atoms with Crippen molar-refractivity contribution in [3.8, 4) is 11.4 Å². The standard InChI is InChI=1S/C18H18N4O2/c1-13-7-9-15(10-8-13)24-14(2)18(23)21-16-5-3-4-6-17(16)22-12-19-11-20-22/h3-12,14H,1-2H3,(H,21,23). The van der Waals surface area contributed by atoms with Crippen LogP contribution in [0.3, 0.4) is 0 Å². The Labute approximate surface area is 140 Å². The highest BCUT2D eigenvalue weighted by Gasteiger charge is 2.16. The van der Waals surface area contributed by atoms with Gasteiger partial charge in [-0.1, -0.05) is 29.8 Å². The predicted molar refractivity (Wildman–Crippen MR) is 91.3 cm³/mol. The van der Waals surface area contributed by atoms with Gasteiger partial charge in [0.2, 0.25) is 0 Å². The third-order valence-corrected chi connectivity index (χ3v) is 3.53. The van der Waals surface area contributed by atoms with Crippen molar-refractivity contribution in [3.63, 3.8) is 0 Å². The Morgan fingerprint density at radius 2 is 1.92 bits per heavy atom. The van der Waals surface area contributed by atoms with Gasteiger partial charge in [-0.2, -0.15) is 5.10 Å². The first-order valence-corrected chi connectivity index (χ1v) is 7.62. The molecule has 1 N–H and O–H groups in total. The molecule has 0 spiro atoms. The number of para-hydroxylation sites is 2. The Bertz CT molecular complexity index is 813. The maximum Gasteiger partial charge on any atom is 0.265 e. The number of benzene rings is 2. The minimum atomic E-state index is -0.628. The molecule has 0 saturated carbocycles. The van der Waals surface area contributed by atoms with Crippen molar-refractivity contribution in [2.75, 3.05) is 5.32 Å². The lowest BCUT2D eigenvalue weighted by atomic mass is 10.2. The second-order valence-corrected chi connectivity index (χ2v) is 5.42. The molecule has 1 amide bonds. The van der Waals surface area contributed by atoms with Crippen LogP contribution in [0.2, 0.25) is 0 Å². The lowest BCUT2D eigenvalue weighted by Crippen LogP contribution is -2.30. The van der Waals surface area contributed by atoms with Crippen LogP contribution in [-0.4, -0.2) is 26.8 Å². The Morgan fingerprint density at radius 3 is 2.62 bits per heavy atom. The highest BCUT2D eigenvalue weighted by atomic mass is 16.5. The first kappa shape index (κ1) is 15.7. The molecule has 1 unspecified atom stereocenters. The summed E-state index contributed by atoms with van der Waals surface area (Å²) in [6, 6.07) is 15.0. The molecule has 24 heavy (non-hydrogen) atoms. The highest BCUT2D eigenvalue weighted by Crippen LogP contribution is 2.20. The van der Waals surface area contributed by atoms with Crippen molar-refractivity contribution in [1.29, 1.82) is 0 Å². The van der Waals surface area contributed by atoms with Crippen molar-refractivity contribution in [2.24, 2.45) is 0 Å². The average molecular weight is 322 g/mol. The van der Waals surface area contributed by atoms with Gasteiger partial charge in [-0.15, -0.1) is 0 Å². The summed E-state index contributed by atoms with van der Waals surface area (Å²) in [7, 11) is 0. The third-order valence-electron chi connectivity index (χ3n) is 3.53. The molecule has 0 bridgehead atoms. The fourth-order valence-corrected chi connectivity index (χ4v) is 2.22. The van der Waals surface area contributed by atoms with E-state index in [1.165, 1.54) is 6.33 Å². The van der Waals surface area contributed by atoms with Crippen LogP contribution in [-0.2, 0) is 4.79 Å². The zero-order valence-electron chi connectivity index (χ0n) is 13.5. The minimum absolute atomic E-state index is 0.233. The first-order chi connectivity index (χ1) is 11.6.